The van der Waals surface area contributed by atoms with Crippen molar-refractivity contribution in [3.05, 3.63) is 36.4 Å². The zero-order valence-corrected chi connectivity index (χ0v) is 8.79. The van der Waals surface area contributed by atoms with Gasteiger partial charge in [-0.1, -0.05) is 0 Å². The Balaban J connectivity index is 2.36. The zero-order valence-electron chi connectivity index (χ0n) is 8.79. The number of carboxylic acids is 1. The van der Waals surface area contributed by atoms with Crippen molar-refractivity contribution in [2.24, 2.45) is 7.05 Å². The lowest BCUT2D eigenvalue weighted by Gasteiger charge is -1.99. The van der Waals surface area contributed by atoms with Gasteiger partial charge in [-0.05, 0) is 12.1 Å². The Hall–Kier alpha value is -2.17. The molecule has 0 amide bonds. The van der Waals surface area contributed by atoms with Crippen LogP contribution in [0.2, 0.25) is 0 Å². The number of pyridine rings is 1. The first-order valence-corrected chi connectivity index (χ1v) is 4.81. The summed E-state index contributed by atoms with van der Waals surface area (Å²) in [6, 6.07) is 3.68. The van der Waals surface area contributed by atoms with Gasteiger partial charge in [0.05, 0.1) is 12.1 Å². The average molecular weight is 217 g/mol. The minimum absolute atomic E-state index is 0.0566. The Bertz CT molecular complexity index is 505. The molecule has 0 radical (unpaired) electrons. The number of carbonyl (C=O) groups is 1. The molecule has 16 heavy (non-hydrogen) atoms. The van der Waals surface area contributed by atoms with Gasteiger partial charge in [0.1, 0.15) is 5.82 Å². The van der Waals surface area contributed by atoms with E-state index in [9.17, 15) is 4.79 Å². The van der Waals surface area contributed by atoms with Crippen LogP contribution in [0.5, 0.6) is 0 Å². The molecular formula is C11H11N3O2. The molecule has 2 aromatic heterocycles. The quantitative estimate of drug-likeness (QED) is 0.836. The predicted molar refractivity (Wildman–Crippen MR) is 57.8 cm³/mol. The summed E-state index contributed by atoms with van der Waals surface area (Å²) in [5.74, 6) is -0.127. The standard InChI is InChI=1S/C11H11N3O2/c1-14-7-9(6-10(15)16)13-11(14)8-2-4-12-5-3-8/h2-5,7H,6H2,1H3,(H,15,16). The predicted octanol–water partition coefficient (Wildman–Crippen LogP) is 1.11. The maximum absolute atomic E-state index is 10.6. The highest BCUT2D eigenvalue weighted by molar-refractivity contribution is 5.70. The van der Waals surface area contributed by atoms with Crippen LogP contribution >= 0.6 is 0 Å². The van der Waals surface area contributed by atoms with Gasteiger partial charge in [0.2, 0.25) is 0 Å². The summed E-state index contributed by atoms with van der Waals surface area (Å²) in [6.45, 7) is 0. The second-order valence-electron chi connectivity index (χ2n) is 3.47. The minimum Gasteiger partial charge on any atom is -0.481 e. The third-order valence-electron chi connectivity index (χ3n) is 2.20. The summed E-state index contributed by atoms with van der Waals surface area (Å²) < 4.78 is 1.81. The van der Waals surface area contributed by atoms with Crippen molar-refractivity contribution in [1.82, 2.24) is 14.5 Å². The van der Waals surface area contributed by atoms with E-state index in [0.29, 0.717) is 5.69 Å². The molecule has 2 aromatic rings. The first-order chi connectivity index (χ1) is 7.66. The van der Waals surface area contributed by atoms with Crippen LogP contribution in [0.3, 0.4) is 0 Å². The van der Waals surface area contributed by atoms with Crippen LogP contribution in [0.4, 0.5) is 0 Å². The number of aliphatic carboxylic acids is 1. The SMILES string of the molecule is Cn1cc(CC(=O)O)nc1-c1ccncc1. The van der Waals surface area contributed by atoms with Gasteiger partial charge in [-0.3, -0.25) is 9.78 Å². The first-order valence-electron chi connectivity index (χ1n) is 4.81. The van der Waals surface area contributed by atoms with Gasteiger partial charge < -0.3 is 9.67 Å². The Morgan fingerprint density at radius 1 is 1.44 bits per heavy atom. The van der Waals surface area contributed by atoms with E-state index < -0.39 is 5.97 Å². The molecule has 5 nitrogen and oxygen atoms in total. The smallest absolute Gasteiger partial charge is 0.309 e. The third-order valence-corrected chi connectivity index (χ3v) is 2.20. The van der Waals surface area contributed by atoms with E-state index in [1.54, 1.807) is 18.6 Å². The summed E-state index contributed by atoms with van der Waals surface area (Å²) in [5, 5.41) is 8.68. The molecule has 0 aliphatic carbocycles. The molecule has 0 saturated heterocycles. The molecular weight excluding hydrogens is 206 g/mol. The molecule has 2 rings (SSSR count). The highest BCUT2D eigenvalue weighted by Gasteiger charge is 2.09. The van der Waals surface area contributed by atoms with Crippen molar-refractivity contribution in [3.63, 3.8) is 0 Å². The van der Waals surface area contributed by atoms with Crippen molar-refractivity contribution in [3.8, 4) is 11.4 Å². The lowest BCUT2D eigenvalue weighted by atomic mass is 10.2. The van der Waals surface area contributed by atoms with Gasteiger partial charge in [-0.2, -0.15) is 0 Å². The van der Waals surface area contributed by atoms with Crippen LogP contribution < -0.4 is 0 Å². The van der Waals surface area contributed by atoms with Gasteiger partial charge in [0, 0.05) is 31.2 Å². The number of rotatable bonds is 3. The highest BCUT2D eigenvalue weighted by atomic mass is 16.4. The number of hydrogen-bond donors (Lipinski definition) is 1. The maximum atomic E-state index is 10.6. The summed E-state index contributed by atoms with van der Waals surface area (Å²) >= 11 is 0. The van der Waals surface area contributed by atoms with E-state index in [2.05, 4.69) is 9.97 Å². The summed E-state index contributed by atoms with van der Waals surface area (Å²) in [5.41, 5.74) is 1.48. The van der Waals surface area contributed by atoms with Gasteiger partial charge in [0.15, 0.2) is 0 Å². The zero-order chi connectivity index (χ0) is 11.5. The monoisotopic (exact) mass is 217 g/mol. The first kappa shape index (κ1) is 10.4. The van der Waals surface area contributed by atoms with E-state index in [-0.39, 0.29) is 6.42 Å². The molecule has 1 N–H and O–H groups in total. The molecule has 0 fully saturated rings. The van der Waals surface area contributed by atoms with E-state index >= 15 is 0 Å². The highest BCUT2D eigenvalue weighted by Crippen LogP contribution is 2.16. The van der Waals surface area contributed by atoms with Crippen molar-refractivity contribution >= 4 is 5.97 Å². The average Bonchev–Trinajstić information content (AvgIpc) is 2.60. The van der Waals surface area contributed by atoms with Crippen LogP contribution in [0.1, 0.15) is 5.69 Å². The number of carboxylic acid groups (broad SMARTS) is 1. The van der Waals surface area contributed by atoms with Crippen molar-refractivity contribution in [2.75, 3.05) is 0 Å². The molecule has 82 valence electrons. The van der Waals surface area contributed by atoms with Crippen molar-refractivity contribution in [1.29, 1.82) is 0 Å². The molecule has 0 spiro atoms. The molecule has 0 bridgehead atoms. The molecule has 0 aliphatic heterocycles. The maximum Gasteiger partial charge on any atom is 0.309 e. The number of hydrogen-bond acceptors (Lipinski definition) is 3. The molecule has 5 heteroatoms. The molecule has 2 heterocycles. The second kappa shape index (κ2) is 4.14. The summed E-state index contributed by atoms with van der Waals surface area (Å²) in [6.07, 6.45) is 5.03. The molecule has 0 aromatic carbocycles. The van der Waals surface area contributed by atoms with Crippen molar-refractivity contribution in [2.45, 2.75) is 6.42 Å². The fourth-order valence-corrected chi connectivity index (χ4v) is 1.54. The van der Waals surface area contributed by atoms with Gasteiger partial charge >= 0.3 is 5.97 Å². The van der Waals surface area contributed by atoms with Crippen molar-refractivity contribution < 1.29 is 9.90 Å². The lowest BCUT2D eigenvalue weighted by Crippen LogP contribution is -1.99. The minimum atomic E-state index is -0.876. The number of nitrogens with zero attached hydrogens (tertiary/aromatic N) is 3. The Morgan fingerprint density at radius 2 is 2.12 bits per heavy atom. The largest absolute Gasteiger partial charge is 0.481 e. The van der Waals surface area contributed by atoms with E-state index in [4.69, 9.17) is 5.11 Å². The Labute approximate surface area is 92.4 Å². The van der Waals surface area contributed by atoms with Crippen LogP contribution in [-0.4, -0.2) is 25.6 Å². The second-order valence-corrected chi connectivity index (χ2v) is 3.47. The third kappa shape index (κ3) is 2.08. The topological polar surface area (TPSA) is 68.0 Å². The van der Waals surface area contributed by atoms with Gasteiger partial charge in [-0.25, -0.2) is 4.98 Å². The van der Waals surface area contributed by atoms with Crippen LogP contribution in [0.15, 0.2) is 30.7 Å². The van der Waals surface area contributed by atoms with Crippen LogP contribution in [0, 0.1) is 0 Å². The molecule has 0 unspecified atom stereocenters. The molecule has 0 saturated carbocycles. The van der Waals surface area contributed by atoms with Gasteiger partial charge in [-0.15, -0.1) is 0 Å². The van der Waals surface area contributed by atoms with E-state index in [1.165, 1.54) is 0 Å². The van der Waals surface area contributed by atoms with Gasteiger partial charge in [0.25, 0.3) is 0 Å². The van der Waals surface area contributed by atoms with E-state index in [0.717, 1.165) is 11.4 Å². The van der Waals surface area contributed by atoms with Crippen LogP contribution in [0.25, 0.3) is 11.4 Å². The fourth-order valence-electron chi connectivity index (χ4n) is 1.54. The van der Waals surface area contributed by atoms with E-state index in [1.807, 2.05) is 23.7 Å². The normalized spacial score (nSPS) is 10.3. The summed E-state index contributed by atoms with van der Waals surface area (Å²) in [4.78, 5) is 18.8. The lowest BCUT2D eigenvalue weighted by molar-refractivity contribution is -0.136. The molecule has 0 atom stereocenters. The number of imidazole rings is 1. The summed E-state index contributed by atoms with van der Waals surface area (Å²) in [7, 11) is 1.84. The number of aromatic nitrogens is 3. The number of aryl methyl sites for hydroxylation is 1. The Kier molecular flexibility index (Phi) is 2.68. The molecule has 0 aliphatic rings. The fraction of sp³-hybridized carbons (Fsp3) is 0.182. The Morgan fingerprint density at radius 3 is 2.75 bits per heavy atom. The van der Waals surface area contributed by atoms with Crippen LogP contribution in [-0.2, 0) is 18.3 Å².